The highest BCUT2D eigenvalue weighted by Gasteiger charge is 2.26. The van der Waals surface area contributed by atoms with Crippen LogP contribution in [-0.4, -0.2) is 20.0 Å². The lowest BCUT2D eigenvalue weighted by Crippen LogP contribution is -2.36. The Morgan fingerprint density at radius 1 is 1.14 bits per heavy atom. The average Bonchev–Trinajstić information content (AvgIpc) is 2.98. The fourth-order valence-electron chi connectivity index (χ4n) is 2.15. The van der Waals surface area contributed by atoms with Crippen molar-refractivity contribution in [3.8, 4) is 11.5 Å². The Labute approximate surface area is 129 Å². The molecule has 3 N–H and O–H groups in total. The topological polar surface area (TPSA) is 78.2 Å². The molecule has 5 nitrogen and oxygen atoms in total. The SMILES string of the molecule is CC(C)=c1[nH]n(C)c(=O)c1=C1Sc2c(O)ccc(O)c2S1. The maximum absolute atomic E-state index is 12.3. The molecule has 1 aromatic carbocycles. The van der Waals surface area contributed by atoms with E-state index in [0.29, 0.717) is 15.0 Å². The molecule has 0 bridgehead atoms. The molecule has 0 atom stereocenters. The number of nitrogens with zero attached hydrogens (tertiary/aromatic N) is 1. The summed E-state index contributed by atoms with van der Waals surface area (Å²) in [6.07, 6.45) is 0. The van der Waals surface area contributed by atoms with Crippen LogP contribution in [-0.2, 0) is 7.05 Å². The van der Waals surface area contributed by atoms with Crippen LogP contribution in [0.15, 0.2) is 26.7 Å². The first-order chi connectivity index (χ1) is 9.90. The van der Waals surface area contributed by atoms with Gasteiger partial charge < -0.3 is 10.2 Å². The van der Waals surface area contributed by atoms with Gasteiger partial charge in [-0.05, 0) is 26.0 Å². The van der Waals surface area contributed by atoms with Crippen LogP contribution < -0.4 is 16.1 Å². The minimum absolute atomic E-state index is 0.112. The van der Waals surface area contributed by atoms with Gasteiger partial charge in [0.15, 0.2) is 0 Å². The van der Waals surface area contributed by atoms with Crippen LogP contribution in [0.25, 0.3) is 9.81 Å². The highest BCUT2D eigenvalue weighted by molar-refractivity contribution is 8.32. The van der Waals surface area contributed by atoms with Crippen molar-refractivity contribution in [3.05, 3.63) is 33.1 Å². The van der Waals surface area contributed by atoms with E-state index in [4.69, 9.17) is 0 Å². The van der Waals surface area contributed by atoms with Crippen LogP contribution in [0, 0.1) is 0 Å². The molecule has 2 aromatic rings. The van der Waals surface area contributed by atoms with Crippen molar-refractivity contribution in [2.45, 2.75) is 23.6 Å². The lowest BCUT2D eigenvalue weighted by molar-refractivity contribution is 0.436. The van der Waals surface area contributed by atoms with Gasteiger partial charge in [0.05, 0.1) is 24.6 Å². The molecule has 0 amide bonds. The zero-order valence-electron chi connectivity index (χ0n) is 11.7. The molecule has 2 heterocycles. The smallest absolute Gasteiger partial charge is 0.275 e. The number of benzene rings is 1. The largest absolute Gasteiger partial charge is 0.507 e. The number of phenolic OH excluding ortho intramolecular Hbond substituents is 2. The van der Waals surface area contributed by atoms with E-state index in [1.165, 1.54) is 40.3 Å². The van der Waals surface area contributed by atoms with Crippen LogP contribution >= 0.6 is 23.5 Å². The van der Waals surface area contributed by atoms with Crippen LogP contribution in [0.2, 0.25) is 0 Å². The van der Waals surface area contributed by atoms with Gasteiger partial charge in [-0.25, -0.2) is 0 Å². The third-order valence-electron chi connectivity index (χ3n) is 3.21. The first kappa shape index (κ1) is 14.2. The number of fused-ring (bicyclic) bond motifs is 1. The summed E-state index contributed by atoms with van der Waals surface area (Å²) in [5, 5.41) is 24.2. The molecule has 0 spiro atoms. The Kier molecular flexibility index (Phi) is 3.33. The number of phenols is 2. The molecule has 0 saturated heterocycles. The molecule has 21 heavy (non-hydrogen) atoms. The number of hydrogen-bond acceptors (Lipinski definition) is 5. The summed E-state index contributed by atoms with van der Waals surface area (Å²) in [6.45, 7) is 3.86. The molecular formula is C14H14N2O3S2. The predicted octanol–water partition coefficient (Wildman–Crippen LogP) is 1.28. The van der Waals surface area contributed by atoms with Crippen molar-refractivity contribution in [2.75, 3.05) is 0 Å². The van der Waals surface area contributed by atoms with Gasteiger partial charge in [0, 0.05) is 7.05 Å². The van der Waals surface area contributed by atoms with Crippen LogP contribution in [0.4, 0.5) is 0 Å². The monoisotopic (exact) mass is 322 g/mol. The molecule has 0 radical (unpaired) electrons. The number of hydrogen-bond donors (Lipinski definition) is 3. The van der Waals surface area contributed by atoms with Crippen LogP contribution in [0.1, 0.15) is 13.8 Å². The maximum Gasteiger partial charge on any atom is 0.275 e. The molecule has 3 rings (SSSR count). The number of aromatic nitrogens is 2. The molecular weight excluding hydrogens is 308 g/mol. The Bertz CT molecular complexity index is 888. The predicted molar refractivity (Wildman–Crippen MR) is 84.9 cm³/mol. The van der Waals surface area contributed by atoms with E-state index < -0.39 is 0 Å². The number of aryl methyl sites for hydroxylation is 1. The lowest BCUT2D eigenvalue weighted by Gasteiger charge is -2.00. The lowest BCUT2D eigenvalue weighted by atomic mass is 10.3. The standard InChI is InChI=1S/C14H14N2O3S2/c1-6(2)10-9(13(19)16(3)15-10)14-20-11-7(17)4-5-8(18)12(11)21-14/h4-5,15,17-18H,1-3H3. The van der Waals surface area contributed by atoms with Gasteiger partial charge in [0.2, 0.25) is 0 Å². The number of nitrogens with one attached hydrogen (secondary N) is 1. The van der Waals surface area contributed by atoms with Gasteiger partial charge in [-0.1, -0.05) is 29.1 Å². The molecule has 0 aliphatic carbocycles. The van der Waals surface area contributed by atoms with E-state index in [1.807, 2.05) is 13.8 Å². The van der Waals surface area contributed by atoms with Crippen LogP contribution in [0.3, 0.4) is 0 Å². The summed E-state index contributed by atoms with van der Waals surface area (Å²) in [6, 6.07) is 2.91. The molecule has 0 saturated carbocycles. The molecule has 1 aliphatic heterocycles. The zero-order valence-corrected chi connectivity index (χ0v) is 13.4. The second-order valence-corrected chi connectivity index (χ2v) is 7.28. The first-order valence-electron chi connectivity index (χ1n) is 6.27. The fraction of sp³-hybridized carbons (Fsp3) is 0.214. The van der Waals surface area contributed by atoms with E-state index in [0.717, 1.165) is 15.2 Å². The Hall–Kier alpha value is -1.73. The number of rotatable bonds is 0. The van der Waals surface area contributed by atoms with Gasteiger partial charge in [-0.15, -0.1) is 0 Å². The van der Waals surface area contributed by atoms with E-state index in [9.17, 15) is 15.0 Å². The van der Waals surface area contributed by atoms with Crippen molar-refractivity contribution in [1.29, 1.82) is 0 Å². The van der Waals surface area contributed by atoms with Gasteiger partial charge in [-0.3, -0.25) is 14.6 Å². The van der Waals surface area contributed by atoms with E-state index >= 15 is 0 Å². The molecule has 1 aromatic heterocycles. The fourth-order valence-corrected chi connectivity index (χ4v) is 4.76. The molecule has 110 valence electrons. The van der Waals surface area contributed by atoms with E-state index in [1.54, 1.807) is 7.05 Å². The normalized spacial score (nSPS) is 13.6. The summed E-state index contributed by atoms with van der Waals surface area (Å²) >= 11 is 2.62. The second kappa shape index (κ2) is 4.92. The van der Waals surface area contributed by atoms with Gasteiger partial charge in [0.1, 0.15) is 11.5 Å². The van der Waals surface area contributed by atoms with Gasteiger partial charge >= 0.3 is 0 Å². The second-order valence-electron chi connectivity index (χ2n) is 4.98. The van der Waals surface area contributed by atoms with E-state index in [2.05, 4.69) is 5.10 Å². The Morgan fingerprint density at radius 2 is 1.67 bits per heavy atom. The third kappa shape index (κ3) is 2.16. The maximum atomic E-state index is 12.3. The number of thioether (sulfide) groups is 2. The summed E-state index contributed by atoms with van der Waals surface area (Å²) < 4.78 is 2.20. The summed E-state index contributed by atoms with van der Waals surface area (Å²) in [7, 11) is 1.67. The third-order valence-corrected chi connectivity index (χ3v) is 5.86. The van der Waals surface area contributed by atoms with Gasteiger partial charge in [0.25, 0.3) is 5.56 Å². The number of H-pyrrole nitrogens is 1. The van der Waals surface area contributed by atoms with Crippen molar-refractivity contribution in [3.63, 3.8) is 0 Å². The highest BCUT2D eigenvalue weighted by Crippen LogP contribution is 2.57. The van der Waals surface area contributed by atoms with Crippen molar-refractivity contribution in [2.24, 2.45) is 7.05 Å². The van der Waals surface area contributed by atoms with E-state index in [-0.39, 0.29) is 17.1 Å². The van der Waals surface area contributed by atoms with Crippen molar-refractivity contribution in [1.82, 2.24) is 9.78 Å². The first-order valence-corrected chi connectivity index (χ1v) is 7.91. The quantitative estimate of drug-likeness (QED) is 0.637. The Morgan fingerprint density at radius 3 is 2.14 bits per heavy atom. The van der Waals surface area contributed by atoms with Gasteiger partial charge in [-0.2, -0.15) is 0 Å². The minimum atomic E-state index is -0.118. The number of aromatic amines is 1. The molecule has 0 fully saturated rings. The van der Waals surface area contributed by atoms with Crippen LogP contribution in [0.5, 0.6) is 11.5 Å². The Balaban J connectivity index is 2.36. The highest BCUT2D eigenvalue weighted by atomic mass is 32.2. The minimum Gasteiger partial charge on any atom is -0.507 e. The summed E-state index contributed by atoms with van der Waals surface area (Å²) in [4.78, 5) is 13.5. The van der Waals surface area contributed by atoms with Crippen molar-refractivity contribution < 1.29 is 10.2 Å². The number of aromatic hydroxyl groups is 2. The summed E-state index contributed by atoms with van der Waals surface area (Å²) in [5.41, 5.74) is 0.883. The summed E-state index contributed by atoms with van der Waals surface area (Å²) in [5.74, 6) is 0.225. The van der Waals surface area contributed by atoms with Crippen molar-refractivity contribution >= 4 is 33.3 Å². The molecule has 0 unspecified atom stereocenters. The molecule has 1 aliphatic rings. The molecule has 7 heteroatoms. The average molecular weight is 322 g/mol. The zero-order chi connectivity index (χ0) is 15.3.